The molecular weight excluding hydrogens is 270 g/mol. The average molecular weight is 291 g/mol. The maximum atomic E-state index is 10.3. The Hall–Kier alpha value is -1.33. The lowest BCUT2D eigenvalue weighted by Gasteiger charge is -2.30. The number of aromatic hydroxyl groups is 1. The van der Waals surface area contributed by atoms with Crippen LogP contribution in [0, 0.1) is 0 Å². The first-order chi connectivity index (χ1) is 9.76. The largest absolute Gasteiger partial charge is 0.506 e. The van der Waals surface area contributed by atoms with Gasteiger partial charge in [0.15, 0.2) is 0 Å². The molecule has 3 N–H and O–H groups in total. The number of aromatic amines is 1. The molecule has 2 aromatic rings. The molecule has 0 atom stereocenters. The van der Waals surface area contributed by atoms with Crippen molar-refractivity contribution in [2.45, 2.75) is 18.4 Å². The van der Waals surface area contributed by atoms with Crippen molar-refractivity contribution in [1.29, 1.82) is 0 Å². The van der Waals surface area contributed by atoms with E-state index >= 15 is 0 Å². The number of aryl methyl sites for hydroxylation is 1. The molecule has 0 aliphatic carbocycles. The molecule has 108 valence electrons. The Kier molecular flexibility index (Phi) is 3.81. The predicted molar refractivity (Wildman–Crippen MR) is 86.2 cm³/mol. The van der Waals surface area contributed by atoms with Gasteiger partial charge in [-0.1, -0.05) is 6.92 Å². The van der Waals surface area contributed by atoms with Crippen molar-refractivity contribution in [3.05, 3.63) is 17.7 Å². The number of nitrogens with one attached hydrogen (secondary N) is 2. The minimum Gasteiger partial charge on any atom is -0.506 e. The van der Waals surface area contributed by atoms with E-state index in [0.717, 1.165) is 43.8 Å². The molecule has 0 amide bonds. The van der Waals surface area contributed by atoms with Gasteiger partial charge in [-0.3, -0.25) is 0 Å². The summed E-state index contributed by atoms with van der Waals surface area (Å²) in [7, 11) is 0. The zero-order valence-corrected chi connectivity index (χ0v) is 12.8. The summed E-state index contributed by atoms with van der Waals surface area (Å²) in [5, 5.41) is 16.1. The smallest absolute Gasteiger partial charge is 0.141 e. The van der Waals surface area contributed by atoms with Crippen LogP contribution < -0.4 is 10.2 Å². The van der Waals surface area contributed by atoms with Crippen LogP contribution in [-0.4, -0.2) is 42.5 Å². The molecule has 1 aliphatic rings. The summed E-state index contributed by atoms with van der Waals surface area (Å²) in [6.07, 6.45) is 3.09. The van der Waals surface area contributed by atoms with Gasteiger partial charge in [-0.25, -0.2) is 0 Å². The summed E-state index contributed by atoms with van der Waals surface area (Å²) in [5.41, 5.74) is 3.39. The van der Waals surface area contributed by atoms with Crippen molar-refractivity contribution in [1.82, 2.24) is 10.3 Å². The Balaban J connectivity index is 2.19. The Morgan fingerprint density at radius 1 is 1.30 bits per heavy atom. The van der Waals surface area contributed by atoms with Crippen LogP contribution in [0.5, 0.6) is 5.75 Å². The molecule has 3 rings (SSSR count). The third-order valence-corrected chi connectivity index (χ3v) is 4.74. The van der Waals surface area contributed by atoms with E-state index in [2.05, 4.69) is 28.4 Å². The van der Waals surface area contributed by atoms with Crippen LogP contribution >= 0.6 is 11.8 Å². The molecule has 0 unspecified atom stereocenters. The van der Waals surface area contributed by atoms with Gasteiger partial charge >= 0.3 is 0 Å². The highest BCUT2D eigenvalue weighted by atomic mass is 32.2. The SMILES string of the molecule is CCc1c(SC)[nH]c2c(N3CCNCC3)c(O)ccc12. The van der Waals surface area contributed by atoms with Gasteiger partial charge in [0.1, 0.15) is 11.4 Å². The summed E-state index contributed by atoms with van der Waals surface area (Å²) in [6, 6.07) is 3.86. The molecule has 0 radical (unpaired) electrons. The summed E-state index contributed by atoms with van der Waals surface area (Å²) in [5.74, 6) is 0.371. The highest BCUT2D eigenvalue weighted by Gasteiger charge is 2.20. The Morgan fingerprint density at radius 3 is 2.70 bits per heavy atom. The fourth-order valence-electron chi connectivity index (χ4n) is 3.00. The minimum absolute atomic E-state index is 0.371. The number of nitrogens with zero attached hydrogens (tertiary/aromatic N) is 1. The van der Waals surface area contributed by atoms with E-state index in [1.54, 1.807) is 11.8 Å². The highest BCUT2D eigenvalue weighted by Crippen LogP contribution is 2.39. The molecule has 20 heavy (non-hydrogen) atoms. The second-order valence-electron chi connectivity index (χ2n) is 5.08. The Bertz CT molecular complexity index is 617. The molecule has 0 saturated carbocycles. The number of benzene rings is 1. The van der Waals surface area contributed by atoms with Gasteiger partial charge in [0, 0.05) is 31.6 Å². The van der Waals surface area contributed by atoms with Gasteiger partial charge < -0.3 is 20.3 Å². The van der Waals surface area contributed by atoms with Gasteiger partial charge in [0.05, 0.1) is 10.5 Å². The lowest BCUT2D eigenvalue weighted by atomic mass is 10.1. The van der Waals surface area contributed by atoms with E-state index < -0.39 is 0 Å². The first-order valence-corrected chi connectivity index (χ1v) is 8.35. The number of fused-ring (bicyclic) bond motifs is 1. The molecule has 0 bridgehead atoms. The van der Waals surface area contributed by atoms with Gasteiger partial charge in [0.2, 0.25) is 0 Å². The molecule has 5 heteroatoms. The molecule has 1 saturated heterocycles. The van der Waals surface area contributed by atoms with Gasteiger partial charge in [0.25, 0.3) is 0 Å². The topological polar surface area (TPSA) is 51.3 Å². The second-order valence-corrected chi connectivity index (χ2v) is 5.90. The Morgan fingerprint density at radius 2 is 2.05 bits per heavy atom. The normalized spacial score (nSPS) is 16.0. The van der Waals surface area contributed by atoms with Crippen LogP contribution in [-0.2, 0) is 6.42 Å². The number of thioether (sulfide) groups is 1. The van der Waals surface area contributed by atoms with E-state index in [9.17, 15) is 5.11 Å². The summed E-state index contributed by atoms with van der Waals surface area (Å²) in [6.45, 7) is 5.97. The number of rotatable bonds is 3. The Labute approximate surface area is 123 Å². The van der Waals surface area contributed by atoms with E-state index in [1.165, 1.54) is 16.0 Å². The van der Waals surface area contributed by atoms with Crippen LogP contribution in [0.15, 0.2) is 17.2 Å². The number of phenolic OH excluding ortho intramolecular Hbond substituents is 1. The van der Waals surface area contributed by atoms with Crippen LogP contribution in [0.1, 0.15) is 12.5 Å². The lowest BCUT2D eigenvalue weighted by molar-refractivity contribution is 0.471. The van der Waals surface area contributed by atoms with Gasteiger partial charge in [-0.05, 0) is 30.4 Å². The third kappa shape index (κ3) is 2.15. The van der Waals surface area contributed by atoms with Crippen molar-refractivity contribution < 1.29 is 5.11 Å². The van der Waals surface area contributed by atoms with Crippen LogP contribution in [0.2, 0.25) is 0 Å². The van der Waals surface area contributed by atoms with Gasteiger partial charge in [-0.2, -0.15) is 0 Å². The quantitative estimate of drug-likeness (QED) is 0.761. The zero-order chi connectivity index (χ0) is 14.1. The number of hydrogen-bond acceptors (Lipinski definition) is 4. The zero-order valence-electron chi connectivity index (χ0n) is 12.0. The molecule has 1 aromatic heterocycles. The number of aromatic nitrogens is 1. The number of hydrogen-bond donors (Lipinski definition) is 3. The van der Waals surface area contributed by atoms with E-state index in [4.69, 9.17) is 0 Å². The summed E-state index contributed by atoms with van der Waals surface area (Å²) < 4.78 is 0. The van der Waals surface area contributed by atoms with E-state index in [-0.39, 0.29) is 0 Å². The predicted octanol–water partition coefficient (Wildman–Crippen LogP) is 2.57. The lowest BCUT2D eigenvalue weighted by Crippen LogP contribution is -2.43. The van der Waals surface area contributed by atoms with Crippen LogP contribution in [0.3, 0.4) is 0 Å². The number of phenols is 1. The molecular formula is C15H21N3OS. The number of anilines is 1. The first kappa shape index (κ1) is 13.6. The van der Waals surface area contributed by atoms with Crippen molar-refractivity contribution in [3.8, 4) is 5.75 Å². The monoisotopic (exact) mass is 291 g/mol. The average Bonchev–Trinajstić information content (AvgIpc) is 2.85. The van der Waals surface area contributed by atoms with E-state index in [0.29, 0.717) is 5.75 Å². The van der Waals surface area contributed by atoms with Crippen molar-refractivity contribution in [2.75, 3.05) is 37.3 Å². The summed E-state index contributed by atoms with van der Waals surface area (Å²) in [4.78, 5) is 5.78. The second kappa shape index (κ2) is 5.58. The summed E-state index contributed by atoms with van der Waals surface area (Å²) >= 11 is 1.74. The van der Waals surface area contributed by atoms with Crippen molar-refractivity contribution in [3.63, 3.8) is 0 Å². The highest BCUT2D eigenvalue weighted by molar-refractivity contribution is 7.98. The van der Waals surface area contributed by atoms with E-state index in [1.807, 2.05) is 12.1 Å². The fraction of sp³-hybridized carbons (Fsp3) is 0.467. The molecule has 2 heterocycles. The molecule has 4 nitrogen and oxygen atoms in total. The van der Waals surface area contributed by atoms with Crippen LogP contribution in [0.25, 0.3) is 10.9 Å². The maximum Gasteiger partial charge on any atom is 0.141 e. The number of H-pyrrole nitrogens is 1. The van der Waals surface area contributed by atoms with Crippen LogP contribution in [0.4, 0.5) is 5.69 Å². The third-order valence-electron chi connectivity index (χ3n) is 3.99. The standard InChI is InChI=1S/C15H21N3OS/c1-3-10-11-4-5-12(19)14(13(11)17-15(10)20-2)18-8-6-16-7-9-18/h4-5,16-17,19H,3,6-9H2,1-2H3. The van der Waals surface area contributed by atoms with Crippen molar-refractivity contribution >= 4 is 28.4 Å². The molecule has 1 fully saturated rings. The maximum absolute atomic E-state index is 10.3. The fourth-order valence-corrected chi connectivity index (χ4v) is 3.71. The number of piperazine rings is 1. The molecule has 1 aromatic carbocycles. The molecule has 0 spiro atoms. The van der Waals surface area contributed by atoms with Gasteiger partial charge in [-0.15, -0.1) is 11.8 Å². The molecule has 1 aliphatic heterocycles. The first-order valence-electron chi connectivity index (χ1n) is 7.12. The van der Waals surface area contributed by atoms with Crippen molar-refractivity contribution in [2.24, 2.45) is 0 Å². The minimum atomic E-state index is 0.371.